The van der Waals surface area contributed by atoms with E-state index in [1.54, 1.807) is 18.2 Å². The van der Waals surface area contributed by atoms with Crippen LogP contribution in [-0.2, 0) is 10.0 Å². The molecule has 110 valence electrons. The summed E-state index contributed by atoms with van der Waals surface area (Å²) in [5.74, 6) is -0.183. The second-order valence-corrected chi connectivity index (χ2v) is 7.75. The first kappa shape index (κ1) is 15.5. The van der Waals surface area contributed by atoms with Crippen molar-refractivity contribution >= 4 is 31.9 Å². The number of rotatable bonds is 3. The lowest BCUT2D eigenvalue weighted by molar-refractivity contribution is 0.0920. The SMILES string of the molecule is CS(=O)(=O)N1CCCC(NC(=O)c2ccccc2Br)C1. The van der Waals surface area contributed by atoms with Gasteiger partial charge in [-0.25, -0.2) is 12.7 Å². The van der Waals surface area contributed by atoms with E-state index >= 15 is 0 Å². The molecule has 1 saturated heterocycles. The molecule has 1 amide bonds. The molecule has 0 saturated carbocycles. The molecular formula is C13H17BrN2O3S. The fourth-order valence-electron chi connectivity index (χ4n) is 2.27. The van der Waals surface area contributed by atoms with Crippen LogP contribution in [0.1, 0.15) is 23.2 Å². The average Bonchev–Trinajstić information content (AvgIpc) is 2.38. The molecule has 1 aromatic carbocycles. The van der Waals surface area contributed by atoms with Gasteiger partial charge in [-0.05, 0) is 40.9 Å². The molecule has 0 spiro atoms. The summed E-state index contributed by atoms with van der Waals surface area (Å²) in [5, 5.41) is 2.90. The molecule has 7 heteroatoms. The quantitative estimate of drug-likeness (QED) is 0.890. The molecular weight excluding hydrogens is 344 g/mol. The van der Waals surface area contributed by atoms with Crippen LogP contribution in [0.5, 0.6) is 0 Å². The highest BCUT2D eigenvalue weighted by molar-refractivity contribution is 9.10. The predicted octanol–water partition coefficient (Wildman–Crippen LogP) is 1.60. The maximum absolute atomic E-state index is 12.2. The molecule has 1 aliphatic rings. The Hall–Kier alpha value is -0.920. The molecule has 1 N–H and O–H groups in total. The third-order valence-electron chi connectivity index (χ3n) is 3.31. The van der Waals surface area contributed by atoms with Crippen LogP contribution in [-0.4, -0.2) is 44.0 Å². The Kier molecular flexibility index (Phi) is 4.82. The van der Waals surface area contributed by atoms with Gasteiger partial charge in [0, 0.05) is 23.6 Å². The van der Waals surface area contributed by atoms with Gasteiger partial charge in [0.05, 0.1) is 11.8 Å². The Labute approximate surface area is 127 Å². The summed E-state index contributed by atoms with van der Waals surface area (Å²) in [6, 6.07) is 7.03. The first-order valence-corrected chi connectivity index (χ1v) is 9.02. The number of carbonyl (C=O) groups excluding carboxylic acids is 1. The Bertz CT molecular complexity index is 603. The maximum Gasteiger partial charge on any atom is 0.252 e. The first-order valence-electron chi connectivity index (χ1n) is 6.38. The summed E-state index contributed by atoms with van der Waals surface area (Å²) in [6.07, 6.45) is 2.75. The number of nitrogens with zero attached hydrogens (tertiary/aromatic N) is 1. The van der Waals surface area contributed by atoms with Crippen molar-refractivity contribution in [2.24, 2.45) is 0 Å². The fraction of sp³-hybridized carbons (Fsp3) is 0.462. The number of nitrogens with one attached hydrogen (secondary N) is 1. The van der Waals surface area contributed by atoms with E-state index in [4.69, 9.17) is 0 Å². The average molecular weight is 361 g/mol. The number of sulfonamides is 1. The van der Waals surface area contributed by atoms with Crippen LogP contribution in [0.25, 0.3) is 0 Å². The third-order valence-corrected chi connectivity index (χ3v) is 5.27. The summed E-state index contributed by atoms with van der Waals surface area (Å²) < 4.78 is 25.2. The summed E-state index contributed by atoms with van der Waals surface area (Å²) in [4.78, 5) is 12.2. The maximum atomic E-state index is 12.2. The van der Waals surface area contributed by atoms with E-state index in [2.05, 4.69) is 21.2 Å². The second kappa shape index (κ2) is 6.24. The molecule has 1 unspecified atom stereocenters. The Morgan fingerprint density at radius 1 is 1.40 bits per heavy atom. The Balaban J connectivity index is 2.03. The number of hydrogen-bond donors (Lipinski definition) is 1. The van der Waals surface area contributed by atoms with E-state index in [9.17, 15) is 13.2 Å². The van der Waals surface area contributed by atoms with E-state index in [1.165, 1.54) is 10.6 Å². The molecule has 5 nitrogen and oxygen atoms in total. The molecule has 20 heavy (non-hydrogen) atoms. The fourth-order valence-corrected chi connectivity index (χ4v) is 3.65. The van der Waals surface area contributed by atoms with Crippen LogP contribution in [0.15, 0.2) is 28.7 Å². The van der Waals surface area contributed by atoms with Gasteiger partial charge in [-0.1, -0.05) is 12.1 Å². The van der Waals surface area contributed by atoms with Gasteiger partial charge < -0.3 is 5.32 Å². The molecule has 1 heterocycles. The van der Waals surface area contributed by atoms with Crippen molar-refractivity contribution in [3.05, 3.63) is 34.3 Å². The Morgan fingerprint density at radius 2 is 2.10 bits per heavy atom. The van der Waals surface area contributed by atoms with Crippen molar-refractivity contribution in [3.63, 3.8) is 0 Å². The predicted molar refractivity (Wildman–Crippen MR) is 81.0 cm³/mol. The van der Waals surface area contributed by atoms with Gasteiger partial charge >= 0.3 is 0 Å². The van der Waals surface area contributed by atoms with Gasteiger partial charge in [-0.2, -0.15) is 0 Å². The van der Waals surface area contributed by atoms with Crippen molar-refractivity contribution in [2.45, 2.75) is 18.9 Å². The van der Waals surface area contributed by atoms with Crippen LogP contribution in [0.4, 0.5) is 0 Å². The molecule has 0 bridgehead atoms. The van der Waals surface area contributed by atoms with Crippen LogP contribution in [0.2, 0.25) is 0 Å². The molecule has 0 radical (unpaired) electrons. The minimum Gasteiger partial charge on any atom is -0.348 e. The zero-order valence-corrected chi connectivity index (χ0v) is 13.6. The minimum atomic E-state index is -3.19. The summed E-state index contributed by atoms with van der Waals surface area (Å²) in [7, 11) is -3.19. The summed E-state index contributed by atoms with van der Waals surface area (Å²) in [5.41, 5.74) is 0.559. The molecule has 0 aromatic heterocycles. The van der Waals surface area contributed by atoms with Gasteiger partial charge in [-0.15, -0.1) is 0 Å². The van der Waals surface area contributed by atoms with Gasteiger partial charge in [0.1, 0.15) is 0 Å². The lowest BCUT2D eigenvalue weighted by Gasteiger charge is -2.31. The van der Waals surface area contributed by atoms with Crippen molar-refractivity contribution in [1.29, 1.82) is 0 Å². The molecule has 1 aromatic rings. The molecule has 1 atom stereocenters. The molecule has 2 rings (SSSR count). The van der Waals surface area contributed by atoms with E-state index < -0.39 is 10.0 Å². The second-order valence-electron chi connectivity index (χ2n) is 4.91. The largest absolute Gasteiger partial charge is 0.348 e. The van der Waals surface area contributed by atoms with Crippen molar-refractivity contribution in [3.8, 4) is 0 Å². The van der Waals surface area contributed by atoms with E-state index in [1.807, 2.05) is 6.07 Å². The van der Waals surface area contributed by atoms with Gasteiger partial charge in [0.25, 0.3) is 5.91 Å². The van der Waals surface area contributed by atoms with Crippen molar-refractivity contribution in [1.82, 2.24) is 9.62 Å². The summed E-state index contributed by atoms with van der Waals surface area (Å²) in [6.45, 7) is 0.870. The highest BCUT2D eigenvalue weighted by Crippen LogP contribution is 2.17. The van der Waals surface area contributed by atoms with E-state index in [-0.39, 0.29) is 11.9 Å². The monoisotopic (exact) mass is 360 g/mol. The number of piperidine rings is 1. The highest BCUT2D eigenvalue weighted by atomic mass is 79.9. The number of hydrogen-bond acceptors (Lipinski definition) is 3. The van der Waals surface area contributed by atoms with Gasteiger partial charge in [0.2, 0.25) is 10.0 Å². The topological polar surface area (TPSA) is 66.5 Å². The van der Waals surface area contributed by atoms with Crippen LogP contribution >= 0.6 is 15.9 Å². The lowest BCUT2D eigenvalue weighted by atomic mass is 10.1. The third kappa shape index (κ3) is 3.80. The van der Waals surface area contributed by atoms with Gasteiger partial charge in [-0.3, -0.25) is 4.79 Å². The van der Waals surface area contributed by atoms with E-state index in [0.717, 1.165) is 17.3 Å². The molecule has 0 aliphatic carbocycles. The van der Waals surface area contributed by atoms with Crippen LogP contribution in [0.3, 0.4) is 0 Å². The van der Waals surface area contributed by atoms with Crippen LogP contribution < -0.4 is 5.32 Å². The van der Waals surface area contributed by atoms with Crippen molar-refractivity contribution in [2.75, 3.05) is 19.3 Å². The van der Waals surface area contributed by atoms with E-state index in [0.29, 0.717) is 18.7 Å². The lowest BCUT2D eigenvalue weighted by Crippen LogP contribution is -2.49. The minimum absolute atomic E-state index is 0.141. The summed E-state index contributed by atoms with van der Waals surface area (Å²) >= 11 is 3.34. The smallest absolute Gasteiger partial charge is 0.252 e. The molecule has 1 fully saturated rings. The van der Waals surface area contributed by atoms with Crippen LogP contribution in [0, 0.1) is 0 Å². The number of halogens is 1. The van der Waals surface area contributed by atoms with Gasteiger partial charge in [0.15, 0.2) is 0 Å². The number of amides is 1. The first-order chi connectivity index (χ1) is 9.38. The standard InChI is InChI=1S/C13H17BrN2O3S/c1-20(18,19)16-8-4-5-10(9-16)15-13(17)11-6-2-3-7-12(11)14/h2-3,6-7,10H,4-5,8-9H2,1H3,(H,15,17). The zero-order chi connectivity index (χ0) is 14.8. The highest BCUT2D eigenvalue weighted by Gasteiger charge is 2.27. The normalized spacial score (nSPS) is 20.6. The zero-order valence-electron chi connectivity index (χ0n) is 11.2. The Morgan fingerprint density at radius 3 is 2.75 bits per heavy atom. The number of carbonyl (C=O) groups is 1. The number of benzene rings is 1. The van der Waals surface area contributed by atoms with Crippen molar-refractivity contribution < 1.29 is 13.2 Å². The molecule has 1 aliphatic heterocycles.